The standard InChI is InChI=1S/C13H21N3O5/c1-12(20)3-4-14-10(12)11(19)16-6-9(18)15-5-8(17)13(2)7-21-13/h10,14,20H,3-7H2,1-2H3,(H,15,18)(H,16,19)/t10?,12-,13+/m0/s1. The Hall–Kier alpha value is -1.51. The number of hydrogen-bond acceptors (Lipinski definition) is 6. The van der Waals surface area contributed by atoms with Gasteiger partial charge in [-0.1, -0.05) is 0 Å². The van der Waals surface area contributed by atoms with Crippen LogP contribution in [0, 0.1) is 0 Å². The molecule has 2 saturated heterocycles. The first kappa shape index (κ1) is 15.9. The van der Waals surface area contributed by atoms with Crippen molar-refractivity contribution >= 4 is 17.6 Å². The van der Waals surface area contributed by atoms with Gasteiger partial charge in [0.1, 0.15) is 11.6 Å². The van der Waals surface area contributed by atoms with Crippen LogP contribution in [0.5, 0.6) is 0 Å². The SMILES string of the molecule is C[C@]1(C(=O)CNC(=O)CNC(=O)C2NCC[C@]2(C)O)CO1. The fourth-order valence-electron chi connectivity index (χ4n) is 2.18. The molecular formula is C13H21N3O5. The second kappa shape index (κ2) is 5.70. The van der Waals surface area contributed by atoms with Crippen LogP contribution in [0.3, 0.4) is 0 Å². The molecule has 8 nitrogen and oxygen atoms in total. The fraction of sp³-hybridized carbons (Fsp3) is 0.769. The second-order valence-corrected chi connectivity index (χ2v) is 5.93. The summed E-state index contributed by atoms with van der Waals surface area (Å²) < 4.78 is 4.97. The topological polar surface area (TPSA) is 120 Å². The predicted molar refractivity (Wildman–Crippen MR) is 72.4 cm³/mol. The molecule has 3 atom stereocenters. The molecule has 21 heavy (non-hydrogen) atoms. The largest absolute Gasteiger partial charge is 0.388 e. The molecule has 2 fully saturated rings. The van der Waals surface area contributed by atoms with Crippen molar-refractivity contribution in [2.45, 2.75) is 37.5 Å². The van der Waals surface area contributed by atoms with Gasteiger partial charge in [0.05, 0.1) is 25.3 Å². The van der Waals surface area contributed by atoms with Crippen molar-refractivity contribution in [3.63, 3.8) is 0 Å². The third kappa shape index (κ3) is 3.78. The Kier molecular flexibility index (Phi) is 4.31. The number of Topliss-reactive ketones (excluding diaryl/α,β-unsaturated/α-hetero) is 1. The molecule has 8 heteroatoms. The third-order valence-electron chi connectivity index (χ3n) is 3.90. The molecule has 2 amide bonds. The van der Waals surface area contributed by atoms with Crippen LogP contribution >= 0.6 is 0 Å². The average Bonchev–Trinajstić information content (AvgIpc) is 3.07. The normalized spacial score (nSPS) is 34.3. The summed E-state index contributed by atoms with van der Waals surface area (Å²) >= 11 is 0. The van der Waals surface area contributed by atoms with E-state index < -0.39 is 29.1 Å². The van der Waals surface area contributed by atoms with E-state index in [9.17, 15) is 19.5 Å². The Balaban J connectivity index is 1.69. The summed E-state index contributed by atoms with van der Waals surface area (Å²) in [4.78, 5) is 35.0. The number of ether oxygens (including phenoxy) is 1. The number of ketones is 1. The van der Waals surface area contributed by atoms with Gasteiger partial charge in [0.2, 0.25) is 11.8 Å². The lowest BCUT2D eigenvalue weighted by Crippen LogP contribution is -2.53. The van der Waals surface area contributed by atoms with Crippen molar-refractivity contribution in [1.82, 2.24) is 16.0 Å². The van der Waals surface area contributed by atoms with Crippen LogP contribution < -0.4 is 16.0 Å². The lowest BCUT2D eigenvalue weighted by atomic mass is 9.97. The first-order valence-corrected chi connectivity index (χ1v) is 6.92. The quantitative estimate of drug-likeness (QED) is 0.409. The molecule has 0 aromatic rings. The summed E-state index contributed by atoms with van der Waals surface area (Å²) in [5.41, 5.74) is -1.88. The summed E-state index contributed by atoms with van der Waals surface area (Å²) in [5, 5.41) is 17.7. The monoisotopic (exact) mass is 299 g/mol. The summed E-state index contributed by atoms with van der Waals surface area (Å²) in [6, 6.07) is -0.731. The maximum atomic E-state index is 11.9. The predicted octanol–water partition coefficient (Wildman–Crippen LogP) is -2.31. The van der Waals surface area contributed by atoms with Gasteiger partial charge < -0.3 is 25.8 Å². The number of carbonyl (C=O) groups excluding carboxylic acids is 3. The van der Waals surface area contributed by atoms with Gasteiger partial charge >= 0.3 is 0 Å². The summed E-state index contributed by atoms with van der Waals surface area (Å²) in [7, 11) is 0. The molecule has 0 aromatic carbocycles. The Morgan fingerprint density at radius 1 is 1.29 bits per heavy atom. The molecule has 4 N–H and O–H groups in total. The Bertz CT molecular complexity index is 459. The molecule has 2 heterocycles. The zero-order chi connectivity index (χ0) is 15.7. The maximum Gasteiger partial charge on any atom is 0.240 e. The summed E-state index contributed by atoms with van der Waals surface area (Å²) in [6.07, 6.45) is 0.477. The Morgan fingerprint density at radius 3 is 2.48 bits per heavy atom. The van der Waals surface area contributed by atoms with Gasteiger partial charge in [0.15, 0.2) is 5.78 Å². The van der Waals surface area contributed by atoms with Crippen LogP contribution in [-0.2, 0) is 19.1 Å². The fourth-order valence-corrected chi connectivity index (χ4v) is 2.18. The highest BCUT2D eigenvalue weighted by atomic mass is 16.6. The molecule has 2 rings (SSSR count). The lowest BCUT2D eigenvalue weighted by molar-refractivity contribution is -0.131. The van der Waals surface area contributed by atoms with Gasteiger partial charge in [0, 0.05) is 0 Å². The van der Waals surface area contributed by atoms with Crippen molar-refractivity contribution in [3.8, 4) is 0 Å². The van der Waals surface area contributed by atoms with E-state index >= 15 is 0 Å². The Labute approximate surface area is 122 Å². The highest BCUT2D eigenvalue weighted by molar-refractivity contribution is 5.94. The van der Waals surface area contributed by atoms with Gasteiger partial charge in [-0.15, -0.1) is 0 Å². The van der Waals surface area contributed by atoms with E-state index in [4.69, 9.17) is 4.74 Å². The zero-order valence-corrected chi connectivity index (χ0v) is 12.2. The lowest BCUT2D eigenvalue weighted by Gasteiger charge is -2.23. The summed E-state index contributed by atoms with van der Waals surface area (Å²) in [6.45, 7) is 3.80. The van der Waals surface area contributed by atoms with E-state index in [2.05, 4.69) is 16.0 Å². The van der Waals surface area contributed by atoms with Gasteiger partial charge in [-0.3, -0.25) is 14.4 Å². The minimum atomic E-state index is -1.12. The molecule has 0 aromatic heterocycles. The van der Waals surface area contributed by atoms with Gasteiger partial charge in [-0.2, -0.15) is 0 Å². The second-order valence-electron chi connectivity index (χ2n) is 5.93. The van der Waals surface area contributed by atoms with Crippen LogP contribution in [0.15, 0.2) is 0 Å². The molecule has 118 valence electrons. The molecule has 0 spiro atoms. The summed E-state index contributed by atoms with van der Waals surface area (Å²) in [5.74, 6) is -1.09. The highest BCUT2D eigenvalue weighted by Crippen LogP contribution is 2.26. The first-order valence-electron chi connectivity index (χ1n) is 6.92. The van der Waals surface area contributed by atoms with Crippen molar-refractivity contribution in [3.05, 3.63) is 0 Å². The minimum absolute atomic E-state index is 0.120. The van der Waals surface area contributed by atoms with Crippen molar-refractivity contribution in [2.24, 2.45) is 0 Å². The van der Waals surface area contributed by atoms with Crippen molar-refractivity contribution in [2.75, 3.05) is 26.2 Å². The van der Waals surface area contributed by atoms with Crippen LogP contribution in [0.1, 0.15) is 20.3 Å². The van der Waals surface area contributed by atoms with E-state index in [1.54, 1.807) is 13.8 Å². The van der Waals surface area contributed by atoms with E-state index in [1.165, 1.54) is 0 Å². The van der Waals surface area contributed by atoms with Crippen LogP contribution in [0.25, 0.3) is 0 Å². The molecule has 0 radical (unpaired) electrons. The van der Waals surface area contributed by atoms with Crippen molar-refractivity contribution in [1.29, 1.82) is 0 Å². The van der Waals surface area contributed by atoms with Gasteiger partial charge in [-0.05, 0) is 26.8 Å². The highest BCUT2D eigenvalue weighted by Gasteiger charge is 2.46. The molecular weight excluding hydrogens is 278 g/mol. The van der Waals surface area contributed by atoms with E-state index in [-0.39, 0.29) is 18.9 Å². The van der Waals surface area contributed by atoms with Crippen LogP contribution in [-0.4, -0.2) is 66.2 Å². The molecule has 2 aliphatic heterocycles. The number of amides is 2. The Morgan fingerprint density at radius 2 is 1.95 bits per heavy atom. The number of epoxide rings is 1. The van der Waals surface area contributed by atoms with Gasteiger partial charge in [-0.25, -0.2) is 0 Å². The molecule has 2 aliphatic rings. The molecule has 0 bridgehead atoms. The zero-order valence-electron chi connectivity index (χ0n) is 12.2. The molecule has 0 saturated carbocycles. The molecule has 0 aliphatic carbocycles. The number of nitrogens with one attached hydrogen (secondary N) is 3. The van der Waals surface area contributed by atoms with E-state index in [1.807, 2.05) is 0 Å². The van der Waals surface area contributed by atoms with Crippen LogP contribution in [0.4, 0.5) is 0 Å². The number of carbonyl (C=O) groups is 3. The van der Waals surface area contributed by atoms with E-state index in [0.29, 0.717) is 19.6 Å². The van der Waals surface area contributed by atoms with Gasteiger partial charge in [0.25, 0.3) is 0 Å². The smallest absolute Gasteiger partial charge is 0.240 e. The molecule has 1 unspecified atom stereocenters. The number of rotatable bonds is 6. The minimum Gasteiger partial charge on any atom is -0.388 e. The van der Waals surface area contributed by atoms with Crippen molar-refractivity contribution < 1.29 is 24.2 Å². The first-order chi connectivity index (χ1) is 9.74. The van der Waals surface area contributed by atoms with E-state index in [0.717, 1.165) is 0 Å². The maximum absolute atomic E-state index is 11.9. The number of aliphatic hydroxyl groups is 1. The average molecular weight is 299 g/mol. The third-order valence-corrected chi connectivity index (χ3v) is 3.90. The number of hydrogen-bond donors (Lipinski definition) is 4. The van der Waals surface area contributed by atoms with Crippen LogP contribution in [0.2, 0.25) is 0 Å².